The topological polar surface area (TPSA) is 86.2 Å². The fourth-order valence-electron chi connectivity index (χ4n) is 2.11. The van der Waals surface area contributed by atoms with Gasteiger partial charge in [0.15, 0.2) is 11.6 Å². The zero-order valence-corrected chi connectivity index (χ0v) is 12.9. The molecule has 0 bridgehead atoms. The number of aliphatic hydroxyl groups excluding tert-OH is 1. The molecule has 0 saturated carbocycles. The van der Waals surface area contributed by atoms with E-state index in [4.69, 9.17) is 5.73 Å². The largest absolute Gasteiger partial charge is 0.573 e. The number of hydrogen-bond donors (Lipinski definition) is 2. The van der Waals surface area contributed by atoms with Crippen LogP contribution in [-0.4, -0.2) is 26.0 Å². The first kappa shape index (κ1) is 17.8. The molecule has 0 radical (unpaired) electrons. The van der Waals surface area contributed by atoms with E-state index in [1.54, 1.807) is 23.8 Å². The van der Waals surface area contributed by atoms with Gasteiger partial charge in [-0.05, 0) is 19.4 Å². The first-order valence-electron chi connectivity index (χ1n) is 7.09. The molecule has 0 aliphatic heterocycles. The Kier molecular flexibility index (Phi) is 5.13. The summed E-state index contributed by atoms with van der Waals surface area (Å²) in [5.41, 5.74) is 6.06. The molecule has 2 aromatic heterocycles. The molecule has 0 aromatic carbocycles. The maximum absolute atomic E-state index is 12.4. The average molecular weight is 342 g/mol. The van der Waals surface area contributed by atoms with Crippen molar-refractivity contribution in [3.05, 3.63) is 36.9 Å². The van der Waals surface area contributed by atoms with Crippen LogP contribution in [0.3, 0.4) is 0 Å². The molecule has 1 atom stereocenters. The van der Waals surface area contributed by atoms with Gasteiger partial charge in [0.2, 0.25) is 0 Å². The standard InChI is InChI=1S/C15H17F3N4O2/c1-3-4-5-22-8-11(21-14(22)9(2)23)10-6-12(13(19)20-7-10)24-15(16,17)18/h3,6-9,23H,1,4-5H2,2H3,(H2,19,20). The Morgan fingerprint density at radius 3 is 2.79 bits per heavy atom. The van der Waals surface area contributed by atoms with Gasteiger partial charge in [0.25, 0.3) is 0 Å². The van der Waals surface area contributed by atoms with Crippen molar-refractivity contribution in [2.75, 3.05) is 5.73 Å². The normalized spacial score (nSPS) is 12.9. The highest BCUT2D eigenvalue weighted by Crippen LogP contribution is 2.31. The van der Waals surface area contributed by atoms with E-state index >= 15 is 0 Å². The minimum Gasteiger partial charge on any atom is -0.402 e. The summed E-state index contributed by atoms with van der Waals surface area (Å²) in [7, 11) is 0. The van der Waals surface area contributed by atoms with Crippen molar-refractivity contribution in [1.29, 1.82) is 0 Å². The number of alkyl halides is 3. The molecular formula is C15H17F3N4O2. The van der Waals surface area contributed by atoms with Crippen LogP contribution in [0.1, 0.15) is 25.3 Å². The highest BCUT2D eigenvalue weighted by Gasteiger charge is 2.32. The lowest BCUT2D eigenvalue weighted by Gasteiger charge is -2.11. The number of nitrogens with two attached hydrogens (primary N) is 1. The molecule has 2 heterocycles. The molecule has 24 heavy (non-hydrogen) atoms. The van der Waals surface area contributed by atoms with Crippen molar-refractivity contribution in [2.45, 2.75) is 32.4 Å². The van der Waals surface area contributed by atoms with E-state index in [9.17, 15) is 18.3 Å². The van der Waals surface area contributed by atoms with Gasteiger partial charge < -0.3 is 20.1 Å². The third-order valence-electron chi connectivity index (χ3n) is 3.16. The predicted molar refractivity (Wildman–Crippen MR) is 82.0 cm³/mol. The zero-order valence-electron chi connectivity index (χ0n) is 12.9. The van der Waals surface area contributed by atoms with Crippen molar-refractivity contribution >= 4 is 5.82 Å². The Balaban J connectivity index is 2.40. The molecule has 0 amide bonds. The first-order chi connectivity index (χ1) is 11.2. The van der Waals surface area contributed by atoms with E-state index in [-0.39, 0.29) is 5.82 Å². The van der Waals surface area contributed by atoms with E-state index in [1.807, 2.05) is 0 Å². The van der Waals surface area contributed by atoms with Crippen LogP contribution >= 0.6 is 0 Å². The molecule has 0 aliphatic carbocycles. The molecule has 2 aromatic rings. The molecule has 3 N–H and O–H groups in total. The number of anilines is 1. The predicted octanol–water partition coefficient (Wildman–Crippen LogP) is 3.06. The Hall–Kier alpha value is -2.55. The van der Waals surface area contributed by atoms with Gasteiger partial charge >= 0.3 is 6.36 Å². The highest BCUT2D eigenvalue weighted by molar-refractivity contribution is 5.63. The number of pyridine rings is 1. The third-order valence-corrected chi connectivity index (χ3v) is 3.16. The molecule has 130 valence electrons. The molecule has 9 heteroatoms. The third kappa shape index (κ3) is 4.25. The fraction of sp³-hybridized carbons (Fsp3) is 0.333. The van der Waals surface area contributed by atoms with Crippen molar-refractivity contribution in [3.63, 3.8) is 0 Å². The van der Waals surface area contributed by atoms with Gasteiger partial charge in [0.1, 0.15) is 11.9 Å². The molecular weight excluding hydrogens is 325 g/mol. The molecule has 0 fully saturated rings. The van der Waals surface area contributed by atoms with Crippen molar-refractivity contribution in [2.24, 2.45) is 0 Å². The fourth-order valence-corrected chi connectivity index (χ4v) is 2.11. The van der Waals surface area contributed by atoms with Crippen LogP contribution in [-0.2, 0) is 6.54 Å². The van der Waals surface area contributed by atoms with Crippen molar-refractivity contribution < 1.29 is 23.0 Å². The summed E-state index contributed by atoms with van der Waals surface area (Å²) in [4.78, 5) is 7.97. The minimum absolute atomic E-state index is 0.294. The van der Waals surface area contributed by atoms with E-state index in [0.29, 0.717) is 30.0 Å². The number of hydrogen-bond acceptors (Lipinski definition) is 5. The van der Waals surface area contributed by atoms with Crippen LogP contribution in [0.25, 0.3) is 11.3 Å². The second-order valence-electron chi connectivity index (χ2n) is 5.09. The summed E-state index contributed by atoms with van der Waals surface area (Å²) in [6.07, 6.45) is -0.427. The lowest BCUT2D eigenvalue weighted by Crippen LogP contribution is -2.18. The summed E-state index contributed by atoms with van der Waals surface area (Å²) in [6, 6.07) is 1.11. The molecule has 0 saturated heterocycles. The number of nitrogen functional groups attached to an aromatic ring is 1. The van der Waals surface area contributed by atoms with E-state index < -0.39 is 18.2 Å². The monoisotopic (exact) mass is 342 g/mol. The number of aryl methyl sites for hydroxylation is 1. The molecule has 0 spiro atoms. The van der Waals surface area contributed by atoms with Crippen LogP contribution in [0.5, 0.6) is 5.75 Å². The van der Waals surface area contributed by atoms with Crippen LogP contribution in [0.4, 0.5) is 19.0 Å². The Labute approximate surface area is 136 Å². The quantitative estimate of drug-likeness (QED) is 0.788. The van der Waals surface area contributed by atoms with Crippen LogP contribution in [0.15, 0.2) is 31.1 Å². The van der Waals surface area contributed by atoms with Gasteiger partial charge in [-0.2, -0.15) is 0 Å². The number of aliphatic hydroxyl groups is 1. The molecule has 2 rings (SSSR count). The number of nitrogens with zero attached hydrogens (tertiary/aromatic N) is 3. The Morgan fingerprint density at radius 2 is 2.21 bits per heavy atom. The van der Waals surface area contributed by atoms with E-state index in [2.05, 4.69) is 21.3 Å². The molecule has 1 unspecified atom stereocenters. The first-order valence-corrected chi connectivity index (χ1v) is 7.09. The van der Waals surface area contributed by atoms with Gasteiger partial charge in [0, 0.05) is 24.5 Å². The minimum atomic E-state index is -4.87. The maximum atomic E-state index is 12.4. The molecule has 0 aliphatic rings. The highest BCUT2D eigenvalue weighted by atomic mass is 19.4. The summed E-state index contributed by atoms with van der Waals surface area (Å²) in [6.45, 7) is 5.71. The average Bonchev–Trinajstić information content (AvgIpc) is 2.90. The summed E-state index contributed by atoms with van der Waals surface area (Å²) < 4.78 is 42.8. The zero-order chi connectivity index (χ0) is 17.9. The Bertz CT molecular complexity index is 726. The summed E-state index contributed by atoms with van der Waals surface area (Å²) in [5, 5.41) is 9.80. The lowest BCUT2D eigenvalue weighted by molar-refractivity contribution is -0.274. The number of aromatic nitrogens is 3. The Morgan fingerprint density at radius 1 is 1.50 bits per heavy atom. The van der Waals surface area contributed by atoms with E-state index in [0.717, 1.165) is 6.07 Å². The van der Waals surface area contributed by atoms with Gasteiger partial charge in [-0.3, -0.25) is 0 Å². The second kappa shape index (κ2) is 6.91. The number of rotatable bonds is 6. The molecule has 6 nitrogen and oxygen atoms in total. The number of allylic oxidation sites excluding steroid dienone is 1. The van der Waals surface area contributed by atoms with Crippen molar-refractivity contribution in [1.82, 2.24) is 14.5 Å². The van der Waals surface area contributed by atoms with Crippen LogP contribution < -0.4 is 10.5 Å². The summed E-state index contributed by atoms with van der Waals surface area (Å²) in [5.74, 6) is -0.584. The van der Waals surface area contributed by atoms with Crippen molar-refractivity contribution in [3.8, 4) is 17.0 Å². The SMILES string of the molecule is C=CCCn1cc(-c2cnc(N)c(OC(F)(F)F)c2)nc1C(C)O. The van der Waals surface area contributed by atoms with Crippen LogP contribution in [0, 0.1) is 0 Å². The van der Waals surface area contributed by atoms with Gasteiger partial charge in [-0.1, -0.05) is 6.08 Å². The van der Waals surface area contributed by atoms with E-state index in [1.165, 1.54) is 6.20 Å². The lowest BCUT2D eigenvalue weighted by atomic mass is 10.2. The van der Waals surface area contributed by atoms with Gasteiger partial charge in [0.05, 0.1) is 5.69 Å². The second-order valence-corrected chi connectivity index (χ2v) is 5.09. The van der Waals surface area contributed by atoms with Crippen LogP contribution in [0.2, 0.25) is 0 Å². The number of imidazole rings is 1. The van der Waals surface area contributed by atoms with Gasteiger partial charge in [-0.25, -0.2) is 9.97 Å². The number of ether oxygens (including phenoxy) is 1. The maximum Gasteiger partial charge on any atom is 0.573 e. The van der Waals surface area contributed by atoms with Gasteiger partial charge in [-0.15, -0.1) is 19.8 Å². The summed E-state index contributed by atoms with van der Waals surface area (Å²) >= 11 is 0. The smallest absolute Gasteiger partial charge is 0.402 e. The number of halogens is 3.